The zero-order valence-electron chi connectivity index (χ0n) is 15.8. The van der Waals surface area contributed by atoms with Gasteiger partial charge in [0.25, 0.3) is 0 Å². The predicted molar refractivity (Wildman–Crippen MR) is 115 cm³/mol. The lowest BCUT2D eigenvalue weighted by Gasteiger charge is -2.35. The Labute approximate surface area is 176 Å². The summed E-state index contributed by atoms with van der Waals surface area (Å²) < 4.78 is 37.0. The summed E-state index contributed by atoms with van der Waals surface area (Å²) in [6.07, 6.45) is -2.05. The van der Waals surface area contributed by atoms with E-state index in [1.807, 2.05) is 18.2 Å². The molecule has 0 aromatic heterocycles. The normalized spacial score (nSPS) is 18.2. The summed E-state index contributed by atoms with van der Waals surface area (Å²) in [7, 11) is 3.14. The zero-order chi connectivity index (χ0) is 19.0. The number of hydrogen-bond donors (Lipinski definition) is 2. The van der Waals surface area contributed by atoms with Crippen LogP contribution in [0.4, 0.5) is 18.9 Å². The highest BCUT2D eigenvalue weighted by Gasteiger charge is 2.28. The number of aliphatic imine (C=N–C) groups is 1. The van der Waals surface area contributed by atoms with Crippen LogP contribution in [0.5, 0.6) is 0 Å². The van der Waals surface area contributed by atoms with Gasteiger partial charge in [-0.3, -0.25) is 9.89 Å². The van der Waals surface area contributed by atoms with Crippen LogP contribution in [-0.4, -0.2) is 69.9 Å². The molecular weight excluding hydrogens is 470 g/mol. The molecule has 154 valence electrons. The van der Waals surface area contributed by atoms with Gasteiger partial charge in [-0.1, -0.05) is 18.2 Å². The first-order chi connectivity index (χ1) is 12.4. The fraction of sp³-hybridized carbons (Fsp3) is 0.611. The quantitative estimate of drug-likeness (QED) is 0.359. The highest BCUT2D eigenvalue weighted by molar-refractivity contribution is 14.0. The van der Waals surface area contributed by atoms with Gasteiger partial charge in [-0.25, -0.2) is 0 Å². The standard InChI is InChI=1S/C18H28F3N5.HI/c1-22-17(23-10-12-25(2)14-18(19,20)21)24-15-7-6-11-26(13-15)16-8-4-3-5-9-16;/h3-5,8-9,15H,6-7,10-14H2,1-2H3,(H2,22,23,24);1H. The third kappa shape index (κ3) is 9.00. The summed E-state index contributed by atoms with van der Waals surface area (Å²) in [6, 6.07) is 10.5. The number of guanidine groups is 1. The summed E-state index contributed by atoms with van der Waals surface area (Å²) in [5.41, 5.74) is 1.20. The van der Waals surface area contributed by atoms with Gasteiger partial charge in [0.1, 0.15) is 0 Å². The molecule has 0 aliphatic carbocycles. The van der Waals surface area contributed by atoms with Crippen LogP contribution in [0.2, 0.25) is 0 Å². The highest BCUT2D eigenvalue weighted by Crippen LogP contribution is 2.19. The summed E-state index contributed by atoms with van der Waals surface area (Å²) in [5, 5.41) is 6.48. The van der Waals surface area contributed by atoms with E-state index in [-0.39, 0.29) is 30.0 Å². The first-order valence-electron chi connectivity index (χ1n) is 8.90. The lowest BCUT2D eigenvalue weighted by atomic mass is 10.1. The van der Waals surface area contributed by atoms with Gasteiger partial charge in [-0.2, -0.15) is 13.2 Å². The first-order valence-corrected chi connectivity index (χ1v) is 8.90. The fourth-order valence-electron chi connectivity index (χ4n) is 3.11. The van der Waals surface area contributed by atoms with Gasteiger partial charge in [0.15, 0.2) is 5.96 Å². The highest BCUT2D eigenvalue weighted by atomic mass is 127. The van der Waals surface area contributed by atoms with Crippen LogP contribution in [0.25, 0.3) is 0 Å². The topological polar surface area (TPSA) is 42.9 Å². The summed E-state index contributed by atoms with van der Waals surface area (Å²) in [5.74, 6) is 0.630. The molecule has 0 amide bonds. The van der Waals surface area contributed by atoms with E-state index in [0.717, 1.165) is 25.9 Å². The molecule has 27 heavy (non-hydrogen) atoms. The van der Waals surface area contributed by atoms with Crippen molar-refractivity contribution in [1.82, 2.24) is 15.5 Å². The van der Waals surface area contributed by atoms with E-state index in [2.05, 4.69) is 32.7 Å². The van der Waals surface area contributed by atoms with E-state index in [1.165, 1.54) is 17.6 Å². The van der Waals surface area contributed by atoms with Crippen LogP contribution < -0.4 is 15.5 Å². The van der Waals surface area contributed by atoms with Crippen LogP contribution in [-0.2, 0) is 0 Å². The number of hydrogen-bond acceptors (Lipinski definition) is 3. The lowest BCUT2D eigenvalue weighted by molar-refractivity contribution is -0.142. The van der Waals surface area contributed by atoms with Crippen molar-refractivity contribution in [2.45, 2.75) is 25.1 Å². The van der Waals surface area contributed by atoms with Gasteiger partial charge in [0, 0.05) is 45.0 Å². The van der Waals surface area contributed by atoms with Crippen LogP contribution in [0.15, 0.2) is 35.3 Å². The fourth-order valence-corrected chi connectivity index (χ4v) is 3.11. The predicted octanol–water partition coefficient (Wildman–Crippen LogP) is 2.93. The van der Waals surface area contributed by atoms with E-state index in [0.29, 0.717) is 19.0 Å². The van der Waals surface area contributed by atoms with Crippen LogP contribution in [0, 0.1) is 0 Å². The molecule has 0 bridgehead atoms. The van der Waals surface area contributed by atoms with Crippen LogP contribution >= 0.6 is 24.0 Å². The van der Waals surface area contributed by atoms with Gasteiger partial charge in [-0.15, -0.1) is 24.0 Å². The molecular formula is C18H29F3IN5. The van der Waals surface area contributed by atoms with Crippen molar-refractivity contribution in [3.63, 3.8) is 0 Å². The molecule has 1 unspecified atom stereocenters. The number of alkyl halides is 3. The van der Waals surface area contributed by atoms with E-state index >= 15 is 0 Å². The molecule has 1 saturated heterocycles. The number of likely N-dealkylation sites (N-methyl/N-ethyl adjacent to an activating group) is 1. The van der Waals surface area contributed by atoms with Crippen molar-refractivity contribution in [3.8, 4) is 0 Å². The number of piperidine rings is 1. The second-order valence-electron chi connectivity index (χ2n) is 6.62. The molecule has 9 heteroatoms. The van der Waals surface area contributed by atoms with Crippen molar-refractivity contribution < 1.29 is 13.2 Å². The molecule has 1 heterocycles. The Kier molecular flexibility index (Phi) is 10.2. The molecule has 5 nitrogen and oxygen atoms in total. The average molecular weight is 499 g/mol. The monoisotopic (exact) mass is 499 g/mol. The lowest BCUT2D eigenvalue weighted by Crippen LogP contribution is -2.52. The maximum Gasteiger partial charge on any atom is 0.401 e. The maximum atomic E-state index is 12.3. The summed E-state index contributed by atoms with van der Waals surface area (Å²) in [6.45, 7) is 1.69. The first kappa shape index (κ1) is 23.8. The number of para-hydroxylation sites is 1. The van der Waals surface area contributed by atoms with Crippen molar-refractivity contribution in [2.24, 2.45) is 4.99 Å². The SMILES string of the molecule is CN=C(NCCN(C)CC(F)(F)F)NC1CCCN(c2ccccc2)C1.I. The van der Waals surface area contributed by atoms with Crippen molar-refractivity contribution in [3.05, 3.63) is 30.3 Å². The number of benzene rings is 1. The molecule has 2 N–H and O–H groups in total. The molecule has 1 aliphatic rings. The second-order valence-corrected chi connectivity index (χ2v) is 6.62. The maximum absolute atomic E-state index is 12.3. The zero-order valence-corrected chi connectivity index (χ0v) is 18.1. The Morgan fingerprint density at radius 2 is 2.00 bits per heavy atom. The minimum Gasteiger partial charge on any atom is -0.369 e. The van der Waals surface area contributed by atoms with E-state index in [9.17, 15) is 13.2 Å². The molecule has 1 aliphatic heterocycles. The molecule has 0 spiro atoms. The average Bonchev–Trinajstić information content (AvgIpc) is 2.60. The van der Waals surface area contributed by atoms with Gasteiger partial charge in [-0.05, 0) is 32.0 Å². The molecule has 0 saturated carbocycles. The van der Waals surface area contributed by atoms with E-state index in [4.69, 9.17) is 0 Å². The molecule has 1 fully saturated rings. The largest absolute Gasteiger partial charge is 0.401 e. The van der Waals surface area contributed by atoms with Crippen molar-refractivity contribution >= 4 is 35.6 Å². The molecule has 2 rings (SSSR count). The third-order valence-corrected chi connectivity index (χ3v) is 4.34. The van der Waals surface area contributed by atoms with E-state index < -0.39 is 12.7 Å². The second kappa shape index (κ2) is 11.6. The summed E-state index contributed by atoms with van der Waals surface area (Å²) in [4.78, 5) is 7.77. The number of nitrogens with one attached hydrogen (secondary N) is 2. The molecule has 1 atom stereocenters. The van der Waals surface area contributed by atoms with Crippen molar-refractivity contribution in [1.29, 1.82) is 0 Å². The Bertz CT molecular complexity index is 568. The molecule has 0 radical (unpaired) electrons. The third-order valence-electron chi connectivity index (χ3n) is 4.34. The minimum atomic E-state index is -4.17. The Morgan fingerprint density at radius 3 is 2.63 bits per heavy atom. The Hall–Kier alpha value is -1.23. The number of halogens is 4. The van der Waals surface area contributed by atoms with Gasteiger partial charge in [0.05, 0.1) is 6.54 Å². The van der Waals surface area contributed by atoms with E-state index in [1.54, 1.807) is 7.05 Å². The Morgan fingerprint density at radius 1 is 1.30 bits per heavy atom. The number of nitrogens with zero attached hydrogens (tertiary/aromatic N) is 3. The van der Waals surface area contributed by atoms with Gasteiger partial charge in [0.2, 0.25) is 0 Å². The number of anilines is 1. The number of rotatable bonds is 6. The molecule has 1 aromatic carbocycles. The van der Waals surface area contributed by atoms with Gasteiger partial charge >= 0.3 is 6.18 Å². The smallest absolute Gasteiger partial charge is 0.369 e. The minimum absolute atomic E-state index is 0. The van der Waals surface area contributed by atoms with Crippen LogP contribution in [0.3, 0.4) is 0 Å². The summed E-state index contributed by atoms with van der Waals surface area (Å²) >= 11 is 0. The van der Waals surface area contributed by atoms with Crippen molar-refractivity contribution in [2.75, 3.05) is 51.7 Å². The Balaban J connectivity index is 0.00000364. The van der Waals surface area contributed by atoms with Gasteiger partial charge < -0.3 is 15.5 Å². The molecule has 1 aromatic rings. The van der Waals surface area contributed by atoms with Crippen LogP contribution in [0.1, 0.15) is 12.8 Å².